The molecule has 0 radical (unpaired) electrons. The van der Waals surface area contributed by atoms with E-state index in [-0.39, 0.29) is 18.3 Å². The lowest BCUT2D eigenvalue weighted by atomic mass is 10.3. The third-order valence-electron chi connectivity index (χ3n) is 2.17. The van der Waals surface area contributed by atoms with Crippen molar-refractivity contribution in [1.82, 2.24) is 20.5 Å². The van der Waals surface area contributed by atoms with Crippen LogP contribution in [0.15, 0.2) is 6.33 Å². The zero-order valence-corrected chi connectivity index (χ0v) is 6.95. The Labute approximate surface area is 74.4 Å². The maximum atomic E-state index is 11.4. The van der Waals surface area contributed by atoms with Crippen molar-refractivity contribution in [1.29, 1.82) is 0 Å². The van der Waals surface area contributed by atoms with E-state index in [1.807, 2.05) is 0 Å². The number of aliphatic hydroxyl groups is 1. The van der Waals surface area contributed by atoms with Crippen molar-refractivity contribution in [2.45, 2.75) is 18.4 Å². The molecule has 1 aliphatic carbocycles. The van der Waals surface area contributed by atoms with Crippen LogP contribution in [-0.2, 0) is 0 Å². The molecule has 1 saturated carbocycles. The van der Waals surface area contributed by atoms with E-state index in [1.54, 1.807) is 0 Å². The number of aromatic nitrogens is 3. The van der Waals surface area contributed by atoms with Crippen LogP contribution in [0.25, 0.3) is 0 Å². The van der Waals surface area contributed by atoms with Gasteiger partial charge in [-0.1, -0.05) is 0 Å². The fraction of sp³-hybridized carbons (Fsp3) is 0.571. The number of hydrogen-bond donors (Lipinski definition) is 3. The highest BCUT2D eigenvalue weighted by Crippen LogP contribution is 2.34. The Morgan fingerprint density at radius 2 is 2.54 bits per heavy atom. The normalized spacial score (nSPS) is 18.2. The molecule has 0 aliphatic heterocycles. The predicted molar refractivity (Wildman–Crippen MR) is 42.9 cm³/mol. The molecule has 1 aromatic heterocycles. The quantitative estimate of drug-likeness (QED) is 0.562. The first-order chi connectivity index (χ1) is 6.26. The van der Waals surface area contributed by atoms with Gasteiger partial charge >= 0.3 is 0 Å². The first-order valence-corrected chi connectivity index (χ1v) is 4.04. The Balaban J connectivity index is 2.00. The topological polar surface area (TPSA) is 90.9 Å². The summed E-state index contributed by atoms with van der Waals surface area (Å²) in [6, 6.07) is 0. The van der Waals surface area contributed by atoms with Gasteiger partial charge in [-0.2, -0.15) is 5.10 Å². The molecule has 0 aromatic carbocycles. The van der Waals surface area contributed by atoms with Crippen LogP contribution in [0.3, 0.4) is 0 Å². The zero-order chi connectivity index (χ0) is 9.31. The summed E-state index contributed by atoms with van der Waals surface area (Å²) in [6.45, 7) is -0.0210. The molecule has 2 rings (SSSR count). The second-order valence-electron chi connectivity index (χ2n) is 3.23. The summed E-state index contributed by atoms with van der Waals surface area (Å²) >= 11 is 0. The number of aliphatic hydroxyl groups excluding tert-OH is 1. The molecule has 70 valence electrons. The number of H-pyrrole nitrogens is 1. The number of nitrogens with one attached hydrogen (secondary N) is 2. The van der Waals surface area contributed by atoms with Gasteiger partial charge in [-0.3, -0.25) is 9.89 Å². The summed E-state index contributed by atoms with van der Waals surface area (Å²) in [4.78, 5) is 15.1. The number of nitrogens with zero attached hydrogens (tertiary/aromatic N) is 2. The smallest absolute Gasteiger partial charge is 0.289 e. The van der Waals surface area contributed by atoms with Gasteiger partial charge in [0.25, 0.3) is 5.91 Å². The molecule has 0 atom stereocenters. The summed E-state index contributed by atoms with van der Waals surface area (Å²) < 4.78 is 0. The van der Waals surface area contributed by atoms with Gasteiger partial charge in [-0.25, -0.2) is 4.98 Å². The van der Waals surface area contributed by atoms with Crippen LogP contribution < -0.4 is 5.32 Å². The van der Waals surface area contributed by atoms with Crippen molar-refractivity contribution in [2.75, 3.05) is 6.61 Å². The number of carbonyl (C=O) groups is 1. The molecule has 6 heteroatoms. The lowest BCUT2D eigenvalue weighted by Crippen LogP contribution is -2.40. The molecule has 13 heavy (non-hydrogen) atoms. The third-order valence-corrected chi connectivity index (χ3v) is 2.17. The molecule has 1 fully saturated rings. The summed E-state index contributed by atoms with van der Waals surface area (Å²) in [7, 11) is 0. The Bertz CT molecular complexity index is 304. The molecule has 6 nitrogen and oxygen atoms in total. The van der Waals surface area contributed by atoms with Crippen LogP contribution in [0, 0.1) is 0 Å². The van der Waals surface area contributed by atoms with E-state index in [0.29, 0.717) is 0 Å². The first kappa shape index (κ1) is 8.18. The summed E-state index contributed by atoms with van der Waals surface area (Å²) in [6.07, 6.45) is 2.92. The van der Waals surface area contributed by atoms with Crippen molar-refractivity contribution in [3.8, 4) is 0 Å². The molecular formula is C7H10N4O2. The fourth-order valence-corrected chi connectivity index (χ4v) is 1.09. The Morgan fingerprint density at radius 3 is 3.00 bits per heavy atom. The number of carbonyl (C=O) groups excluding carboxylic acids is 1. The minimum atomic E-state index is -0.399. The van der Waals surface area contributed by atoms with Crippen molar-refractivity contribution < 1.29 is 9.90 Å². The van der Waals surface area contributed by atoms with Gasteiger partial charge in [0.2, 0.25) is 5.82 Å². The van der Waals surface area contributed by atoms with Crippen molar-refractivity contribution in [3.05, 3.63) is 12.2 Å². The lowest BCUT2D eigenvalue weighted by Gasteiger charge is -2.12. The van der Waals surface area contributed by atoms with Gasteiger partial charge in [0, 0.05) is 0 Å². The molecule has 0 bridgehead atoms. The van der Waals surface area contributed by atoms with Crippen LogP contribution in [0.2, 0.25) is 0 Å². The standard InChI is InChI=1S/C7H10N4O2/c12-3-7(1-2-7)10-6(13)5-8-4-9-11-5/h4,12H,1-3H2,(H,10,13)(H,8,9,11). The molecule has 1 aliphatic rings. The molecule has 1 amide bonds. The maximum Gasteiger partial charge on any atom is 0.289 e. The molecule has 1 heterocycles. The fourth-order valence-electron chi connectivity index (χ4n) is 1.09. The second kappa shape index (κ2) is 2.81. The van der Waals surface area contributed by atoms with Crippen LogP contribution in [0.4, 0.5) is 0 Å². The molecule has 0 unspecified atom stereocenters. The summed E-state index contributed by atoms with van der Waals surface area (Å²) in [5, 5.41) is 17.7. The average Bonchev–Trinajstić information content (AvgIpc) is 2.69. The third kappa shape index (κ3) is 1.52. The van der Waals surface area contributed by atoms with Crippen LogP contribution in [0.5, 0.6) is 0 Å². The van der Waals surface area contributed by atoms with Gasteiger partial charge in [0.05, 0.1) is 12.1 Å². The Kier molecular flexibility index (Phi) is 1.77. The number of aromatic amines is 1. The number of amides is 1. The van der Waals surface area contributed by atoms with Gasteiger partial charge in [0.1, 0.15) is 6.33 Å². The lowest BCUT2D eigenvalue weighted by molar-refractivity contribution is 0.0896. The van der Waals surface area contributed by atoms with E-state index < -0.39 is 5.54 Å². The summed E-state index contributed by atoms with van der Waals surface area (Å²) in [5.74, 6) is -0.135. The molecule has 1 aromatic rings. The van der Waals surface area contributed by atoms with E-state index in [2.05, 4.69) is 20.5 Å². The van der Waals surface area contributed by atoms with Gasteiger partial charge in [-0.15, -0.1) is 0 Å². The minimum absolute atomic E-state index is 0.0210. The van der Waals surface area contributed by atoms with E-state index in [0.717, 1.165) is 12.8 Å². The van der Waals surface area contributed by atoms with Crippen molar-refractivity contribution in [3.63, 3.8) is 0 Å². The van der Waals surface area contributed by atoms with E-state index >= 15 is 0 Å². The maximum absolute atomic E-state index is 11.4. The highest BCUT2D eigenvalue weighted by molar-refractivity contribution is 5.91. The SMILES string of the molecule is O=C(NC1(CO)CC1)c1ncn[nH]1. The predicted octanol–water partition coefficient (Wildman–Crippen LogP) is -0.941. The average molecular weight is 182 g/mol. The zero-order valence-electron chi connectivity index (χ0n) is 6.95. The van der Waals surface area contributed by atoms with Crippen LogP contribution in [0.1, 0.15) is 23.5 Å². The first-order valence-electron chi connectivity index (χ1n) is 4.04. The van der Waals surface area contributed by atoms with Gasteiger partial charge in [0.15, 0.2) is 0 Å². The molecule has 0 saturated heterocycles. The highest BCUT2D eigenvalue weighted by Gasteiger charge is 2.43. The Morgan fingerprint density at radius 1 is 1.77 bits per heavy atom. The molecule has 0 spiro atoms. The monoisotopic (exact) mass is 182 g/mol. The van der Waals surface area contributed by atoms with Gasteiger partial charge in [-0.05, 0) is 12.8 Å². The number of hydrogen-bond acceptors (Lipinski definition) is 4. The van der Waals surface area contributed by atoms with E-state index in [9.17, 15) is 4.79 Å². The van der Waals surface area contributed by atoms with E-state index in [4.69, 9.17) is 5.11 Å². The number of rotatable bonds is 3. The summed E-state index contributed by atoms with van der Waals surface area (Å²) in [5.41, 5.74) is -0.399. The van der Waals surface area contributed by atoms with Gasteiger partial charge < -0.3 is 10.4 Å². The Hall–Kier alpha value is -1.43. The van der Waals surface area contributed by atoms with Crippen LogP contribution >= 0.6 is 0 Å². The molecule has 3 N–H and O–H groups in total. The van der Waals surface area contributed by atoms with E-state index in [1.165, 1.54) is 6.33 Å². The van der Waals surface area contributed by atoms with Crippen molar-refractivity contribution >= 4 is 5.91 Å². The minimum Gasteiger partial charge on any atom is -0.394 e. The highest BCUT2D eigenvalue weighted by atomic mass is 16.3. The van der Waals surface area contributed by atoms with Crippen molar-refractivity contribution in [2.24, 2.45) is 0 Å². The second-order valence-corrected chi connectivity index (χ2v) is 3.23. The largest absolute Gasteiger partial charge is 0.394 e. The molecular weight excluding hydrogens is 172 g/mol. The van der Waals surface area contributed by atoms with Crippen LogP contribution in [-0.4, -0.2) is 38.3 Å².